The van der Waals surface area contributed by atoms with Crippen LogP contribution in [0, 0.1) is 0 Å². The lowest BCUT2D eigenvalue weighted by Crippen LogP contribution is -2.35. The van der Waals surface area contributed by atoms with Gasteiger partial charge in [0.15, 0.2) is 0 Å². The molecule has 1 nitrogen and oxygen atoms in total. The van der Waals surface area contributed by atoms with Crippen molar-refractivity contribution in [3.05, 3.63) is 8.95 Å². The summed E-state index contributed by atoms with van der Waals surface area (Å²) in [6.45, 7) is 14.7. The van der Waals surface area contributed by atoms with Crippen molar-refractivity contribution in [3.8, 4) is 0 Å². The maximum Gasteiger partial charge on any atom is 0.103 e. The summed E-state index contributed by atoms with van der Waals surface area (Å²) in [6, 6.07) is 0. The Morgan fingerprint density at radius 3 is 1.21 bits per heavy atom. The van der Waals surface area contributed by atoms with Crippen LogP contribution in [0.3, 0.4) is 0 Å². The molecule has 0 aromatic carbocycles. The van der Waals surface area contributed by atoms with Crippen LogP contribution in [0.2, 0.25) is 39.3 Å². The standard InChI is InChI=1S/C22H19Br2NS6Si2/c1-32(2,3)21-13(23)11-9-7-8-10-12-14(24)22(33(4,5)6)31-20(12)29-18(10)27-16(8)25-15(7)26-17(9)28-19(11)30-21/h25H,1-6H3. The van der Waals surface area contributed by atoms with Crippen LogP contribution in [-0.2, 0) is 0 Å². The molecule has 0 bridgehead atoms. The van der Waals surface area contributed by atoms with E-state index in [9.17, 15) is 0 Å². The molecule has 7 heterocycles. The van der Waals surface area contributed by atoms with Crippen LogP contribution in [0.15, 0.2) is 8.95 Å². The molecule has 0 saturated heterocycles. The van der Waals surface area contributed by atoms with Crippen molar-refractivity contribution >= 4 is 183 Å². The van der Waals surface area contributed by atoms with Crippen LogP contribution in [0.4, 0.5) is 0 Å². The van der Waals surface area contributed by atoms with Gasteiger partial charge in [-0.2, -0.15) is 0 Å². The first-order chi connectivity index (χ1) is 15.4. The number of aromatic nitrogens is 1. The summed E-state index contributed by atoms with van der Waals surface area (Å²) in [5.74, 6) is 0. The Balaban J connectivity index is 1.68. The van der Waals surface area contributed by atoms with Crippen molar-refractivity contribution in [3.63, 3.8) is 0 Å². The zero-order valence-electron chi connectivity index (χ0n) is 18.7. The fraction of sp³-hybridized carbons (Fsp3) is 0.273. The number of halogens is 2. The molecule has 0 aliphatic rings. The van der Waals surface area contributed by atoms with E-state index in [1.165, 1.54) is 67.0 Å². The molecule has 0 fully saturated rings. The van der Waals surface area contributed by atoms with Gasteiger partial charge in [-0.1, -0.05) is 39.3 Å². The molecule has 7 aromatic rings. The van der Waals surface area contributed by atoms with Gasteiger partial charge in [-0.3, -0.25) is 0 Å². The van der Waals surface area contributed by atoms with Gasteiger partial charge in [0.2, 0.25) is 0 Å². The molecule has 1 N–H and O–H groups in total. The van der Waals surface area contributed by atoms with Crippen molar-refractivity contribution < 1.29 is 0 Å². The molecule has 11 heteroatoms. The highest BCUT2D eigenvalue weighted by Gasteiger charge is 2.31. The molecule has 33 heavy (non-hydrogen) atoms. The van der Waals surface area contributed by atoms with E-state index in [1.54, 1.807) is 9.00 Å². The minimum Gasteiger partial charge on any atom is -0.338 e. The average molecular weight is 706 g/mol. The molecule has 0 amide bonds. The number of H-pyrrole nitrogens is 1. The predicted molar refractivity (Wildman–Crippen MR) is 174 cm³/mol. The number of fused-ring (bicyclic) bond motifs is 11. The van der Waals surface area contributed by atoms with Crippen LogP contribution < -0.4 is 9.00 Å². The Bertz CT molecular complexity index is 1780. The maximum absolute atomic E-state index is 4.07. The van der Waals surface area contributed by atoms with Gasteiger partial charge >= 0.3 is 0 Å². The van der Waals surface area contributed by atoms with E-state index in [2.05, 4.69) is 76.1 Å². The summed E-state index contributed by atoms with van der Waals surface area (Å²) < 4.78 is 11.8. The second-order valence-corrected chi connectivity index (χ2v) is 30.0. The number of nitrogens with one attached hydrogen (secondary N) is 1. The normalized spacial score (nSPS) is 14.1. The summed E-state index contributed by atoms with van der Waals surface area (Å²) in [6.07, 6.45) is 0. The minimum absolute atomic E-state index is 1.34. The Morgan fingerprint density at radius 2 is 0.848 bits per heavy atom. The molecule has 170 valence electrons. The lowest BCUT2D eigenvalue weighted by atomic mass is 10.1. The van der Waals surface area contributed by atoms with Gasteiger partial charge in [0.1, 0.15) is 9.66 Å². The first kappa shape index (κ1) is 22.6. The second kappa shape index (κ2) is 7.05. The van der Waals surface area contributed by atoms with Gasteiger partial charge in [-0.25, -0.2) is 0 Å². The summed E-state index contributed by atoms with van der Waals surface area (Å²) >= 11 is 20.1. The molecule has 7 aromatic heterocycles. The number of aromatic amines is 1. The first-order valence-electron chi connectivity index (χ1n) is 10.6. The van der Waals surface area contributed by atoms with Gasteiger partial charge in [-0.15, -0.1) is 68.0 Å². The van der Waals surface area contributed by atoms with Crippen molar-refractivity contribution in [2.75, 3.05) is 0 Å². The van der Waals surface area contributed by atoms with Crippen LogP contribution >= 0.6 is 99.9 Å². The quantitative estimate of drug-likeness (QED) is 0.172. The Morgan fingerprint density at radius 1 is 0.485 bits per heavy atom. The highest BCUT2D eigenvalue weighted by atomic mass is 79.9. The van der Waals surface area contributed by atoms with E-state index in [1.807, 2.05) is 68.0 Å². The second-order valence-electron chi connectivity index (χ2n) is 10.6. The monoisotopic (exact) mass is 703 g/mol. The van der Waals surface area contributed by atoms with E-state index in [0.717, 1.165) is 0 Å². The molecule has 0 radical (unpaired) electrons. The average Bonchev–Trinajstić information content (AvgIpc) is 3.46. The van der Waals surface area contributed by atoms with Crippen LogP contribution in [0.5, 0.6) is 0 Å². The molecule has 0 atom stereocenters. The zero-order valence-corrected chi connectivity index (χ0v) is 28.8. The molecule has 0 aliphatic heterocycles. The lowest BCUT2D eigenvalue weighted by Gasteiger charge is -2.14. The molecule has 0 aliphatic carbocycles. The molecule has 0 spiro atoms. The Hall–Kier alpha value is 0.434. The zero-order chi connectivity index (χ0) is 23.2. The van der Waals surface area contributed by atoms with Crippen LogP contribution in [0.25, 0.3) is 58.0 Å². The summed E-state index contributed by atoms with van der Waals surface area (Å²) in [7, 11) is -2.80. The van der Waals surface area contributed by atoms with E-state index in [-0.39, 0.29) is 0 Å². The van der Waals surface area contributed by atoms with Gasteiger partial charge < -0.3 is 4.98 Å². The lowest BCUT2D eigenvalue weighted by molar-refractivity contribution is 1.64. The molecular weight excluding hydrogens is 687 g/mol. The summed E-state index contributed by atoms with van der Waals surface area (Å²) in [4.78, 5) is 6.49. The summed E-state index contributed by atoms with van der Waals surface area (Å²) in [5.41, 5.74) is 0. The van der Waals surface area contributed by atoms with Crippen molar-refractivity contribution in [1.82, 2.24) is 4.98 Å². The van der Waals surface area contributed by atoms with E-state index in [4.69, 9.17) is 0 Å². The molecule has 0 saturated carbocycles. The number of hydrogen-bond donors (Lipinski definition) is 1. The van der Waals surface area contributed by atoms with Gasteiger partial charge in [0, 0.05) is 50.3 Å². The van der Waals surface area contributed by atoms with Crippen molar-refractivity contribution in [2.24, 2.45) is 0 Å². The van der Waals surface area contributed by atoms with E-state index in [0.29, 0.717) is 0 Å². The van der Waals surface area contributed by atoms with Gasteiger partial charge in [0.05, 0.1) is 32.2 Å². The third-order valence-corrected chi connectivity index (χ3v) is 23.4. The largest absolute Gasteiger partial charge is 0.338 e. The molecule has 0 unspecified atom stereocenters. The van der Waals surface area contributed by atoms with Crippen molar-refractivity contribution in [1.29, 1.82) is 0 Å². The minimum atomic E-state index is -1.40. The number of rotatable bonds is 2. The fourth-order valence-electron chi connectivity index (χ4n) is 4.66. The highest BCUT2D eigenvalue weighted by Crippen LogP contribution is 2.55. The maximum atomic E-state index is 4.07. The van der Waals surface area contributed by atoms with Crippen LogP contribution in [-0.4, -0.2) is 21.1 Å². The SMILES string of the molecule is C[Si](C)(C)c1sc2sc3sc4[nH]c5sc6sc7sc([Si](C)(C)C)c(Br)c7c6c5c4c3c2c1Br. The Labute approximate surface area is 233 Å². The van der Waals surface area contributed by atoms with E-state index < -0.39 is 16.1 Å². The predicted octanol–water partition coefficient (Wildman–Crippen LogP) is 10.9. The van der Waals surface area contributed by atoms with Gasteiger partial charge in [-0.05, 0) is 31.9 Å². The third kappa shape index (κ3) is 2.98. The summed E-state index contributed by atoms with van der Waals surface area (Å²) in [5, 5.41) is 8.78. The molecular formula is C22H19Br2NS6Si2. The molecule has 7 rings (SSSR count). The van der Waals surface area contributed by atoms with E-state index >= 15 is 0 Å². The van der Waals surface area contributed by atoms with Crippen LogP contribution in [0.1, 0.15) is 0 Å². The fourth-order valence-corrected chi connectivity index (χ4v) is 23.0. The number of hydrogen-bond acceptors (Lipinski definition) is 6. The van der Waals surface area contributed by atoms with Gasteiger partial charge in [0.25, 0.3) is 0 Å². The third-order valence-electron chi connectivity index (χ3n) is 6.10. The smallest absolute Gasteiger partial charge is 0.103 e. The first-order valence-corrected chi connectivity index (χ1v) is 24.1. The number of thiophene rings is 6. The topological polar surface area (TPSA) is 15.8 Å². The Kier molecular flexibility index (Phi) is 4.83. The highest BCUT2D eigenvalue weighted by molar-refractivity contribution is 9.11. The van der Waals surface area contributed by atoms with Crippen molar-refractivity contribution in [2.45, 2.75) is 39.3 Å².